The minimum absolute atomic E-state index is 0.00243. The summed E-state index contributed by atoms with van der Waals surface area (Å²) in [5.74, 6) is -16.2. The van der Waals surface area contributed by atoms with E-state index in [4.69, 9.17) is 4.43 Å². The van der Waals surface area contributed by atoms with Crippen molar-refractivity contribution in [3.05, 3.63) is 52.6 Å². The summed E-state index contributed by atoms with van der Waals surface area (Å²) in [5, 5.41) is -5.36. The van der Waals surface area contributed by atoms with E-state index in [1.165, 1.54) is 0 Å². The summed E-state index contributed by atoms with van der Waals surface area (Å²) in [6.45, 7) is 13.1. The van der Waals surface area contributed by atoms with Crippen LogP contribution in [-0.4, -0.2) is 16.4 Å². The van der Waals surface area contributed by atoms with Crippen LogP contribution in [0.5, 0.6) is 5.75 Å². The van der Waals surface area contributed by atoms with Gasteiger partial charge in [0.15, 0.2) is 34.8 Å². The standard InChI is InChI=1S/C39H54F8OSi2/c1-7-11-12-16-20-39(5,6)24-50(25-18-14-13-15-19-25,22-17-21-49(8-2,9-3)10-4)48-38-36(46)30-29(35(45)37(38)47)31(41)26-23-27(40)32(42)34(44)28(26)33(30)43/h23,25H,7-22,24H2,1-6H3. The lowest BCUT2D eigenvalue weighted by molar-refractivity contribution is 0.316. The van der Waals surface area contributed by atoms with Crippen molar-refractivity contribution in [2.24, 2.45) is 5.41 Å². The summed E-state index contributed by atoms with van der Waals surface area (Å²) in [7, 11) is -4.88. The third-order valence-electron chi connectivity index (χ3n) is 12.0. The molecule has 1 atom stereocenters. The predicted octanol–water partition coefficient (Wildman–Crippen LogP) is 14.7. The highest BCUT2D eigenvalue weighted by Crippen LogP contribution is 2.51. The molecule has 0 bridgehead atoms. The Morgan fingerprint density at radius 3 is 1.84 bits per heavy atom. The molecule has 0 N–H and O–H groups in total. The molecule has 0 saturated heterocycles. The molecule has 1 unspecified atom stereocenters. The average Bonchev–Trinajstić information content (AvgIpc) is 3.10. The van der Waals surface area contributed by atoms with Gasteiger partial charge in [0, 0.05) is 5.39 Å². The molecule has 0 radical (unpaired) electrons. The van der Waals surface area contributed by atoms with Gasteiger partial charge in [-0.3, -0.25) is 0 Å². The first-order valence-electron chi connectivity index (χ1n) is 18.8. The summed E-state index contributed by atoms with van der Waals surface area (Å²) < 4.78 is 130. The molecule has 3 aromatic rings. The van der Waals surface area contributed by atoms with Crippen molar-refractivity contribution in [3.8, 4) is 5.75 Å². The van der Waals surface area contributed by atoms with Crippen LogP contribution in [0.1, 0.15) is 112 Å². The largest absolute Gasteiger partial charge is 0.539 e. The Bertz CT molecular complexity index is 1640. The zero-order valence-corrected chi connectivity index (χ0v) is 32.6. The minimum Gasteiger partial charge on any atom is -0.539 e. The topological polar surface area (TPSA) is 9.23 Å². The average molecular weight is 747 g/mol. The second kappa shape index (κ2) is 16.7. The van der Waals surface area contributed by atoms with E-state index in [2.05, 4.69) is 41.5 Å². The Morgan fingerprint density at radius 1 is 0.640 bits per heavy atom. The van der Waals surface area contributed by atoms with Gasteiger partial charge in [-0.2, -0.15) is 4.39 Å². The second-order valence-electron chi connectivity index (χ2n) is 15.6. The first-order chi connectivity index (χ1) is 23.6. The van der Waals surface area contributed by atoms with E-state index in [9.17, 15) is 13.2 Å². The Morgan fingerprint density at radius 2 is 1.24 bits per heavy atom. The maximum Gasteiger partial charge on any atom is 0.255 e. The molecular weight excluding hydrogens is 693 g/mol. The second-order valence-corrected chi connectivity index (χ2v) is 25.3. The fourth-order valence-corrected chi connectivity index (χ4v) is 18.5. The maximum atomic E-state index is 16.7. The number of hydrogen-bond acceptors (Lipinski definition) is 1. The number of fused-ring (bicyclic) bond motifs is 2. The molecule has 0 spiro atoms. The van der Waals surface area contributed by atoms with Gasteiger partial charge in [-0.05, 0) is 48.4 Å². The Kier molecular flexibility index (Phi) is 13.6. The molecule has 1 aliphatic carbocycles. The van der Waals surface area contributed by atoms with Crippen molar-refractivity contribution in [2.75, 3.05) is 0 Å². The summed E-state index contributed by atoms with van der Waals surface area (Å²) in [6, 6.07) is 5.63. The quantitative estimate of drug-likeness (QED) is 0.0334. The molecule has 1 fully saturated rings. The Balaban J connectivity index is 1.95. The zero-order valence-electron chi connectivity index (χ0n) is 30.6. The number of rotatable bonds is 17. The van der Waals surface area contributed by atoms with Gasteiger partial charge in [0.05, 0.1) is 24.2 Å². The molecule has 50 heavy (non-hydrogen) atoms. The van der Waals surface area contributed by atoms with Crippen LogP contribution in [0.3, 0.4) is 0 Å². The summed E-state index contributed by atoms with van der Waals surface area (Å²) in [5.41, 5.74) is -0.287. The number of hydrogen-bond donors (Lipinski definition) is 0. The fraction of sp³-hybridized carbons (Fsp3) is 0.641. The number of unbranched alkanes of at least 4 members (excludes halogenated alkanes) is 3. The smallest absolute Gasteiger partial charge is 0.255 e. The van der Waals surface area contributed by atoms with Gasteiger partial charge >= 0.3 is 0 Å². The molecule has 11 heteroatoms. The zero-order chi connectivity index (χ0) is 37.0. The molecule has 0 aliphatic heterocycles. The summed E-state index contributed by atoms with van der Waals surface area (Å²) >= 11 is 0. The molecule has 0 heterocycles. The van der Waals surface area contributed by atoms with Crippen LogP contribution in [0.25, 0.3) is 21.5 Å². The van der Waals surface area contributed by atoms with E-state index in [0.717, 1.165) is 94.8 Å². The third kappa shape index (κ3) is 8.08. The lowest BCUT2D eigenvalue weighted by Crippen LogP contribution is -2.51. The highest BCUT2D eigenvalue weighted by molar-refractivity contribution is 6.80. The van der Waals surface area contributed by atoms with Crippen LogP contribution in [0.15, 0.2) is 6.07 Å². The van der Waals surface area contributed by atoms with Crippen molar-refractivity contribution < 1.29 is 39.5 Å². The normalized spacial score (nSPS) is 16.0. The highest BCUT2D eigenvalue weighted by Gasteiger charge is 2.50. The first kappa shape index (κ1) is 40.6. The van der Waals surface area contributed by atoms with E-state index in [1.54, 1.807) is 0 Å². The summed E-state index contributed by atoms with van der Waals surface area (Å²) in [6.07, 6.45) is 10.3. The molecule has 3 aromatic carbocycles. The van der Waals surface area contributed by atoms with Gasteiger partial charge in [0.1, 0.15) is 11.6 Å². The van der Waals surface area contributed by atoms with Crippen LogP contribution in [0.2, 0.25) is 41.8 Å². The first-order valence-corrected chi connectivity index (χ1v) is 24.0. The van der Waals surface area contributed by atoms with Crippen LogP contribution in [-0.2, 0) is 0 Å². The minimum atomic E-state index is -3.29. The molecule has 0 aromatic heterocycles. The van der Waals surface area contributed by atoms with Crippen LogP contribution >= 0.6 is 0 Å². The van der Waals surface area contributed by atoms with Crippen molar-refractivity contribution in [1.29, 1.82) is 0 Å². The van der Waals surface area contributed by atoms with Gasteiger partial charge in [-0.25, -0.2) is 30.7 Å². The van der Waals surface area contributed by atoms with Crippen molar-refractivity contribution in [3.63, 3.8) is 0 Å². The van der Waals surface area contributed by atoms with Gasteiger partial charge in [-0.15, -0.1) is 0 Å². The van der Waals surface area contributed by atoms with Crippen molar-refractivity contribution in [2.45, 2.75) is 154 Å². The molecule has 1 nitrogen and oxygen atoms in total. The van der Waals surface area contributed by atoms with Gasteiger partial charge in [0.2, 0.25) is 5.82 Å². The lowest BCUT2D eigenvalue weighted by Gasteiger charge is -2.45. The molecule has 1 saturated carbocycles. The molecular formula is C39H54F8OSi2. The van der Waals surface area contributed by atoms with Crippen LogP contribution in [0.4, 0.5) is 35.1 Å². The third-order valence-corrected chi connectivity index (χ3v) is 23.4. The van der Waals surface area contributed by atoms with Crippen LogP contribution < -0.4 is 4.43 Å². The van der Waals surface area contributed by atoms with Gasteiger partial charge < -0.3 is 4.43 Å². The van der Waals surface area contributed by atoms with E-state index < -0.39 is 90.2 Å². The van der Waals surface area contributed by atoms with E-state index in [1.807, 2.05) is 0 Å². The molecule has 4 rings (SSSR count). The Labute approximate surface area is 294 Å². The molecule has 1 aliphatic rings. The monoisotopic (exact) mass is 746 g/mol. The van der Waals surface area contributed by atoms with E-state index in [-0.39, 0.29) is 17.0 Å². The molecule has 280 valence electrons. The molecule has 0 amide bonds. The van der Waals surface area contributed by atoms with Crippen molar-refractivity contribution >= 4 is 37.9 Å². The number of benzene rings is 3. The van der Waals surface area contributed by atoms with Crippen LogP contribution in [0, 0.1) is 52.0 Å². The highest BCUT2D eigenvalue weighted by atomic mass is 28.4. The maximum absolute atomic E-state index is 16.7. The summed E-state index contributed by atoms with van der Waals surface area (Å²) in [4.78, 5) is 0. The van der Waals surface area contributed by atoms with Gasteiger partial charge in [0.25, 0.3) is 8.32 Å². The number of halogens is 8. The van der Waals surface area contributed by atoms with Crippen molar-refractivity contribution in [1.82, 2.24) is 0 Å². The van der Waals surface area contributed by atoms with Gasteiger partial charge in [-0.1, -0.05) is 117 Å². The lowest BCUT2D eigenvalue weighted by atomic mass is 9.89. The van der Waals surface area contributed by atoms with E-state index in [0.29, 0.717) is 12.1 Å². The fourth-order valence-electron chi connectivity index (χ4n) is 8.79. The van der Waals surface area contributed by atoms with E-state index >= 15 is 22.0 Å². The Hall–Kier alpha value is -2.15. The SMILES string of the molecule is CCCCCCC(C)(C)C[Si](CCC[Si](CC)(CC)CC)(Oc1c(F)c(F)c2c(F)c3cc(F)c(F)c(F)c3c(F)c2c1F)C1CCCCC1. The predicted molar refractivity (Wildman–Crippen MR) is 193 cm³/mol.